The first-order valence-corrected chi connectivity index (χ1v) is 7.71. The molecule has 0 spiro atoms. The molecule has 1 aliphatic heterocycles. The third-order valence-electron chi connectivity index (χ3n) is 3.31. The summed E-state index contributed by atoms with van der Waals surface area (Å²) in [6, 6.07) is 4.41. The molecule has 0 radical (unpaired) electrons. The summed E-state index contributed by atoms with van der Waals surface area (Å²) < 4.78 is 0.614. The van der Waals surface area contributed by atoms with Crippen molar-refractivity contribution < 1.29 is 9.59 Å². The molecule has 1 aromatic rings. The Morgan fingerprint density at radius 1 is 1.35 bits per heavy atom. The molecule has 1 heterocycles. The highest BCUT2D eigenvalue weighted by Gasteiger charge is 2.25. The van der Waals surface area contributed by atoms with Gasteiger partial charge in [-0.25, -0.2) is 0 Å². The molecule has 1 aliphatic rings. The lowest BCUT2D eigenvalue weighted by molar-refractivity contribution is -0.131. The molecule has 1 atom stereocenters. The van der Waals surface area contributed by atoms with Gasteiger partial charge in [0, 0.05) is 22.6 Å². The van der Waals surface area contributed by atoms with Crippen LogP contribution in [0.2, 0.25) is 5.02 Å². The second kappa shape index (κ2) is 6.59. The summed E-state index contributed by atoms with van der Waals surface area (Å²) in [6.07, 6.45) is 2.07. The molecule has 20 heavy (non-hydrogen) atoms. The van der Waals surface area contributed by atoms with Gasteiger partial charge < -0.3 is 10.2 Å². The quantitative estimate of drug-likeness (QED) is 0.902. The fourth-order valence-electron chi connectivity index (χ4n) is 2.22. The van der Waals surface area contributed by atoms with Crippen molar-refractivity contribution in [3.63, 3.8) is 0 Å². The molecule has 1 unspecified atom stereocenters. The Morgan fingerprint density at radius 3 is 2.60 bits per heavy atom. The number of likely N-dealkylation sites (tertiary alicyclic amines) is 1. The number of carbonyl (C=O) groups is 2. The Bertz CT molecular complexity index is 530. The molecule has 4 nitrogen and oxygen atoms in total. The van der Waals surface area contributed by atoms with Gasteiger partial charge in [-0.2, -0.15) is 0 Å². The molecule has 1 N–H and O–H groups in total. The standard InChI is InChI=1S/C14H16BrClN2O2/c1-9(14(20)18-6-2-3-7-18)17-13(19)11-5-4-10(16)8-12(11)15/h4-5,8-9H,2-3,6-7H2,1H3,(H,17,19). The van der Waals surface area contributed by atoms with Crippen LogP contribution in [-0.2, 0) is 4.79 Å². The van der Waals surface area contributed by atoms with Crippen molar-refractivity contribution in [1.29, 1.82) is 0 Å². The zero-order valence-corrected chi connectivity index (χ0v) is 13.5. The van der Waals surface area contributed by atoms with E-state index in [2.05, 4.69) is 21.2 Å². The summed E-state index contributed by atoms with van der Waals surface area (Å²) >= 11 is 9.14. The smallest absolute Gasteiger partial charge is 0.253 e. The van der Waals surface area contributed by atoms with Crippen LogP contribution in [0.25, 0.3) is 0 Å². The van der Waals surface area contributed by atoms with E-state index in [1.165, 1.54) is 0 Å². The van der Waals surface area contributed by atoms with Gasteiger partial charge in [0.25, 0.3) is 5.91 Å². The average Bonchev–Trinajstić information content (AvgIpc) is 2.91. The lowest BCUT2D eigenvalue weighted by atomic mass is 10.2. The van der Waals surface area contributed by atoms with Crippen LogP contribution in [0.4, 0.5) is 0 Å². The normalized spacial score (nSPS) is 16.1. The average molecular weight is 360 g/mol. The molecule has 1 aromatic carbocycles. The van der Waals surface area contributed by atoms with Crippen LogP contribution < -0.4 is 5.32 Å². The number of halogens is 2. The number of hydrogen-bond donors (Lipinski definition) is 1. The highest BCUT2D eigenvalue weighted by atomic mass is 79.9. The molecule has 0 aliphatic carbocycles. The Labute approximate surface area is 131 Å². The maximum absolute atomic E-state index is 12.2. The summed E-state index contributed by atoms with van der Waals surface area (Å²) in [7, 11) is 0. The SMILES string of the molecule is CC(NC(=O)c1ccc(Cl)cc1Br)C(=O)N1CCCC1. The van der Waals surface area contributed by atoms with E-state index in [9.17, 15) is 9.59 Å². The number of nitrogens with one attached hydrogen (secondary N) is 1. The molecule has 1 fully saturated rings. The predicted molar refractivity (Wildman–Crippen MR) is 81.9 cm³/mol. The molecule has 2 rings (SSSR count). The second-order valence-corrected chi connectivity index (χ2v) is 6.14. The predicted octanol–water partition coefficient (Wildman–Crippen LogP) is 2.84. The first-order chi connectivity index (χ1) is 9.49. The summed E-state index contributed by atoms with van der Waals surface area (Å²) in [5.74, 6) is -0.311. The van der Waals surface area contributed by atoms with E-state index in [4.69, 9.17) is 11.6 Å². The first kappa shape index (κ1) is 15.3. The van der Waals surface area contributed by atoms with Gasteiger partial charge in [0.05, 0.1) is 5.56 Å². The lowest BCUT2D eigenvalue weighted by Crippen LogP contribution is -2.46. The van der Waals surface area contributed by atoms with Crippen LogP contribution in [0.5, 0.6) is 0 Å². The third-order valence-corrected chi connectivity index (χ3v) is 4.20. The maximum Gasteiger partial charge on any atom is 0.253 e. The van der Waals surface area contributed by atoms with Gasteiger partial charge in [-0.1, -0.05) is 11.6 Å². The number of rotatable bonds is 3. The Kier molecular flexibility index (Phi) is 5.05. The van der Waals surface area contributed by atoms with E-state index in [0.717, 1.165) is 25.9 Å². The van der Waals surface area contributed by atoms with Crippen LogP contribution in [0.1, 0.15) is 30.1 Å². The summed E-state index contributed by atoms with van der Waals surface area (Å²) in [4.78, 5) is 26.1. The monoisotopic (exact) mass is 358 g/mol. The van der Waals surface area contributed by atoms with Crippen LogP contribution in [0, 0.1) is 0 Å². The summed E-state index contributed by atoms with van der Waals surface area (Å²) in [5, 5.41) is 3.28. The first-order valence-electron chi connectivity index (χ1n) is 6.54. The second-order valence-electron chi connectivity index (χ2n) is 4.85. The fourth-order valence-corrected chi connectivity index (χ4v) is 3.08. The van der Waals surface area contributed by atoms with Gasteiger partial charge in [0.2, 0.25) is 5.91 Å². The minimum Gasteiger partial charge on any atom is -0.341 e. The number of benzene rings is 1. The topological polar surface area (TPSA) is 49.4 Å². The van der Waals surface area contributed by atoms with Crippen molar-refractivity contribution in [1.82, 2.24) is 10.2 Å². The van der Waals surface area contributed by atoms with Gasteiger partial charge in [-0.3, -0.25) is 9.59 Å². The minimum atomic E-state index is -0.525. The zero-order valence-electron chi connectivity index (χ0n) is 11.2. The Hall–Kier alpha value is -1.07. The van der Waals surface area contributed by atoms with Crippen molar-refractivity contribution in [3.8, 4) is 0 Å². The van der Waals surface area contributed by atoms with Crippen LogP contribution in [0.3, 0.4) is 0 Å². The van der Waals surface area contributed by atoms with Crippen molar-refractivity contribution in [3.05, 3.63) is 33.3 Å². The maximum atomic E-state index is 12.2. The van der Waals surface area contributed by atoms with E-state index in [-0.39, 0.29) is 11.8 Å². The van der Waals surface area contributed by atoms with Crippen LogP contribution >= 0.6 is 27.5 Å². The molecule has 2 amide bonds. The summed E-state index contributed by atoms with van der Waals surface area (Å²) in [6.45, 7) is 3.27. The molecule has 108 valence electrons. The minimum absolute atomic E-state index is 0.0269. The van der Waals surface area contributed by atoms with Gasteiger partial charge in [-0.15, -0.1) is 0 Å². The summed E-state index contributed by atoms with van der Waals surface area (Å²) in [5.41, 5.74) is 0.468. The third kappa shape index (κ3) is 3.52. The highest BCUT2D eigenvalue weighted by molar-refractivity contribution is 9.10. The van der Waals surface area contributed by atoms with E-state index in [1.54, 1.807) is 30.0 Å². The van der Waals surface area contributed by atoms with Crippen molar-refractivity contribution in [2.24, 2.45) is 0 Å². The highest BCUT2D eigenvalue weighted by Crippen LogP contribution is 2.21. The number of hydrogen-bond acceptors (Lipinski definition) is 2. The molecule has 1 saturated heterocycles. The van der Waals surface area contributed by atoms with E-state index >= 15 is 0 Å². The number of nitrogens with zero attached hydrogens (tertiary/aromatic N) is 1. The van der Waals surface area contributed by atoms with Crippen molar-refractivity contribution in [2.75, 3.05) is 13.1 Å². The van der Waals surface area contributed by atoms with E-state index in [0.29, 0.717) is 15.1 Å². The Morgan fingerprint density at radius 2 is 2.00 bits per heavy atom. The van der Waals surface area contributed by atoms with E-state index in [1.807, 2.05) is 0 Å². The molecule has 0 bridgehead atoms. The molecular formula is C14H16BrClN2O2. The lowest BCUT2D eigenvalue weighted by Gasteiger charge is -2.21. The Balaban J connectivity index is 2.01. The fraction of sp³-hybridized carbons (Fsp3) is 0.429. The molecule has 6 heteroatoms. The van der Waals surface area contributed by atoms with Gasteiger partial charge in [0.15, 0.2) is 0 Å². The van der Waals surface area contributed by atoms with Crippen molar-refractivity contribution in [2.45, 2.75) is 25.8 Å². The van der Waals surface area contributed by atoms with Crippen molar-refractivity contribution >= 4 is 39.3 Å². The number of amides is 2. The van der Waals surface area contributed by atoms with Gasteiger partial charge in [-0.05, 0) is 53.9 Å². The largest absolute Gasteiger partial charge is 0.341 e. The van der Waals surface area contributed by atoms with Gasteiger partial charge in [0.1, 0.15) is 6.04 Å². The van der Waals surface area contributed by atoms with Crippen LogP contribution in [0.15, 0.2) is 22.7 Å². The molecule has 0 aromatic heterocycles. The molecular weight excluding hydrogens is 344 g/mol. The van der Waals surface area contributed by atoms with Gasteiger partial charge >= 0.3 is 0 Å². The van der Waals surface area contributed by atoms with E-state index < -0.39 is 6.04 Å². The van der Waals surface area contributed by atoms with Crippen LogP contribution in [-0.4, -0.2) is 35.8 Å². The number of carbonyl (C=O) groups excluding carboxylic acids is 2. The molecule has 0 saturated carbocycles. The zero-order chi connectivity index (χ0) is 14.7.